The third-order valence-corrected chi connectivity index (χ3v) is 4.14. The van der Waals surface area contributed by atoms with Crippen LogP contribution in [-0.4, -0.2) is 22.2 Å². The van der Waals surface area contributed by atoms with Gasteiger partial charge in [-0.15, -0.1) is 0 Å². The molecule has 2 N–H and O–H groups in total. The van der Waals surface area contributed by atoms with Gasteiger partial charge >= 0.3 is 11.9 Å². The third kappa shape index (κ3) is 9.06. The van der Waals surface area contributed by atoms with E-state index in [1.165, 1.54) is 0 Å². The number of aliphatic carboxylic acids is 2. The first-order chi connectivity index (χ1) is 9.73. The predicted octanol–water partition coefficient (Wildman–Crippen LogP) is 4.68. The molecule has 0 aromatic carbocycles. The van der Waals surface area contributed by atoms with Gasteiger partial charge in [0.25, 0.3) is 0 Å². The second-order valence-corrected chi connectivity index (χ2v) is 8.96. The van der Waals surface area contributed by atoms with Gasteiger partial charge in [-0.1, -0.05) is 48.5 Å². The van der Waals surface area contributed by atoms with Gasteiger partial charge < -0.3 is 10.2 Å². The van der Waals surface area contributed by atoms with Crippen LogP contribution in [0.3, 0.4) is 0 Å². The summed E-state index contributed by atoms with van der Waals surface area (Å²) in [6, 6.07) is 0. The number of carbonyl (C=O) groups is 2. The maximum atomic E-state index is 11.7. The van der Waals surface area contributed by atoms with Gasteiger partial charge in [0, 0.05) is 6.42 Å². The van der Waals surface area contributed by atoms with Gasteiger partial charge in [-0.25, -0.2) is 0 Å². The smallest absolute Gasteiger partial charge is 0.306 e. The van der Waals surface area contributed by atoms with Crippen LogP contribution in [0.25, 0.3) is 0 Å². The molecule has 3 atom stereocenters. The second kappa shape index (κ2) is 7.98. The predicted molar refractivity (Wildman–Crippen MR) is 88.8 cm³/mol. The second-order valence-electron chi connectivity index (χ2n) is 8.96. The van der Waals surface area contributed by atoms with Crippen LogP contribution < -0.4 is 0 Å². The maximum Gasteiger partial charge on any atom is 0.306 e. The molecule has 3 unspecified atom stereocenters. The molecule has 0 saturated heterocycles. The van der Waals surface area contributed by atoms with E-state index in [1.807, 2.05) is 27.7 Å². The van der Waals surface area contributed by atoms with E-state index in [-0.39, 0.29) is 35.0 Å². The zero-order valence-electron chi connectivity index (χ0n) is 15.3. The standard InChI is InChI=1S/C18H34O4/c1-12(8-15(19)20)9-18(6,7)11-14(16(21)22)13(2)10-17(3,4)5/h12-14H,8-11H2,1-7H3,(H,19,20)(H,21,22). The van der Waals surface area contributed by atoms with Gasteiger partial charge in [-0.05, 0) is 41.9 Å². The summed E-state index contributed by atoms with van der Waals surface area (Å²) in [4.78, 5) is 22.5. The fraction of sp³-hybridized carbons (Fsp3) is 0.889. The van der Waals surface area contributed by atoms with Crippen LogP contribution in [-0.2, 0) is 9.59 Å². The molecule has 0 amide bonds. The van der Waals surface area contributed by atoms with Crippen molar-refractivity contribution in [2.24, 2.45) is 28.6 Å². The summed E-state index contributed by atoms with van der Waals surface area (Å²) in [5, 5.41) is 18.5. The molecule has 0 aromatic heterocycles. The minimum atomic E-state index is -0.792. The van der Waals surface area contributed by atoms with Gasteiger partial charge in [0.15, 0.2) is 0 Å². The summed E-state index contributed by atoms with van der Waals surface area (Å²) in [7, 11) is 0. The zero-order chi connectivity index (χ0) is 17.7. The molecule has 0 aliphatic carbocycles. The van der Waals surface area contributed by atoms with Crippen LogP contribution in [0, 0.1) is 28.6 Å². The Labute approximate surface area is 135 Å². The van der Waals surface area contributed by atoms with Gasteiger partial charge in [-0.3, -0.25) is 9.59 Å². The summed E-state index contributed by atoms with van der Waals surface area (Å²) < 4.78 is 0. The quantitative estimate of drug-likeness (QED) is 0.648. The van der Waals surface area contributed by atoms with Crippen molar-refractivity contribution in [3.63, 3.8) is 0 Å². The molecule has 0 aromatic rings. The van der Waals surface area contributed by atoms with Crippen molar-refractivity contribution < 1.29 is 19.8 Å². The van der Waals surface area contributed by atoms with Crippen molar-refractivity contribution in [3.05, 3.63) is 0 Å². The zero-order valence-corrected chi connectivity index (χ0v) is 15.3. The Morgan fingerprint density at radius 1 is 0.909 bits per heavy atom. The highest BCUT2D eigenvalue weighted by molar-refractivity contribution is 5.70. The van der Waals surface area contributed by atoms with Crippen LogP contribution in [0.5, 0.6) is 0 Å². The number of rotatable bonds is 9. The van der Waals surface area contributed by atoms with Gasteiger partial charge in [0.2, 0.25) is 0 Å². The van der Waals surface area contributed by atoms with Crippen molar-refractivity contribution in [3.8, 4) is 0 Å². The van der Waals surface area contributed by atoms with E-state index in [1.54, 1.807) is 0 Å². The maximum absolute atomic E-state index is 11.7. The Balaban J connectivity index is 4.85. The molecule has 4 heteroatoms. The Morgan fingerprint density at radius 3 is 1.77 bits per heavy atom. The van der Waals surface area contributed by atoms with Crippen molar-refractivity contribution in [2.45, 2.75) is 74.1 Å². The number of carboxylic acid groups (broad SMARTS) is 2. The van der Waals surface area contributed by atoms with E-state index in [9.17, 15) is 14.7 Å². The number of hydrogen-bond donors (Lipinski definition) is 2. The number of carboxylic acids is 2. The first kappa shape index (κ1) is 20.9. The van der Waals surface area contributed by atoms with Crippen molar-refractivity contribution in [1.29, 1.82) is 0 Å². The summed E-state index contributed by atoms with van der Waals surface area (Å²) in [5.74, 6) is -1.76. The largest absolute Gasteiger partial charge is 0.481 e. The molecular formula is C18H34O4. The fourth-order valence-corrected chi connectivity index (χ4v) is 3.63. The normalized spacial score (nSPS) is 16.9. The van der Waals surface area contributed by atoms with Crippen LogP contribution in [0.15, 0.2) is 0 Å². The first-order valence-electron chi connectivity index (χ1n) is 8.18. The molecule has 0 saturated carbocycles. The summed E-state index contributed by atoms with van der Waals surface area (Å²) in [6.07, 6.45) is 2.32. The van der Waals surface area contributed by atoms with Crippen molar-refractivity contribution >= 4 is 11.9 Å². The highest BCUT2D eigenvalue weighted by Crippen LogP contribution is 2.39. The average Bonchev–Trinajstić information content (AvgIpc) is 2.20. The molecule has 0 heterocycles. The SMILES string of the molecule is CC(CC(=O)O)CC(C)(C)CC(C(=O)O)C(C)CC(C)(C)C. The third-order valence-electron chi connectivity index (χ3n) is 4.14. The van der Waals surface area contributed by atoms with Crippen LogP contribution in [0.4, 0.5) is 0 Å². The average molecular weight is 314 g/mol. The Morgan fingerprint density at radius 2 is 1.41 bits per heavy atom. The van der Waals surface area contributed by atoms with Crippen molar-refractivity contribution in [2.75, 3.05) is 0 Å². The molecular weight excluding hydrogens is 280 g/mol. The monoisotopic (exact) mass is 314 g/mol. The fourth-order valence-electron chi connectivity index (χ4n) is 3.63. The van der Waals surface area contributed by atoms with Gasteiger partial charge in [0.05, 0.1) is 5.92 Å². The lowest BCUT2D eigenvalue weighted by Gasteiger charge is -2.34. The number of hydrogen-bond acceptors (Lipinski definition) is 2. The summed E-state index contributed by atoms with van der Waals surface area (Å²) >= 11 is 0. The van der Waals surface area contributed by atoms with E-state index in [0.717, 1.165) is 12.8 Å². The lowest BCUT2D eigenvalue weighted by Crippen LogP contribution is -2.31. The van der Waals surface area contributed by atoms with E-state index in [2.05, 4.69) is 20.8 Å². The molecule has 0 bridgehead atoms. The van der Waals surface area contributed by atoms with Gasteiger partial charge in [0.1, 0.15) is 0 Å². The molecule has 0 aliphatic heterocycles. The summed E-state index contributed by atoms with van der Waals surface area (Å²) in [6.45, 7) is 14.4. The van der Waals surface area contributed by atoms with Crippen LogP contribution >= 0.6 is 0 Å². The van der Waals surface area contributed by atoms with Crippen LogP contribution in [0.2, 0.25) is 0 Å². The summed E-state index contributed by atoms with van der Waals surface area (Å²) in [5.41, 5.74) is -0.0715. The molecule has 4 nitrogen and oxygen atoms in total. The molecule has 0 aliphatic rings. The molecule has 0 spiro atoms. The minimum Gasteiger partial charge on any atom is -0.481 e. The lowest BCUT2D eigenvalue weighted by atomic mass is 9.70. The topological polar surface area (TPSA) is 74.6 Å². The molecule has 0 radical (unpaired) electrons. The van der Waals surface area contributed by atoms with Gasteiger partial charge in [-0.2, -0.15) is 0 Å². The van der Waals surface area contributed by atoms with Crippen molar-refractivity contribution in [1.82, 2.24) is 0 Å². The van der Waals surface area contributed by atoms with E-state index in [0.29, 0.717) is 6.42 Å². The highest BCUT2D eigenvalue weighted by Gasteiger charge is 2.34. The molecule has 0 rings (SSSR count). The van der Waals surface area contributed by atoms with Crippen LogP contribution in [0.1, 0.15) is 74.1 Å². The molecule has 0 fully saturated rings. The molecule has 22 heavy (non-hydrogen) atoms. The highest BCUT2D eigenvalue weighted by atomic mass is 16.4. The first-order valence-corrected chi connectivity index (χ1v) is 8.18. The lowest BCUT2D eigenvalue weighted by molar-refractivity contribution is -0.145. The Bertz CT molecular complexity index is 379. The molecule has 130 valence electrons. The minimum absolute atomic E-state index is 0.0554. The Hall–Kier alpha value is -1.06. The van der Waals surface area contributed by atoms with E-state index >= 15 is 0 Å². The van der Waals surface area contributed by atoms with E-state index in [4.69, 9.17) is 5.11 Å². The van der Waals surface area contributed by atoms with E-state index < -0.39 is 11.9 Å². The Kier molecular flexibility index (Phi) is 7.60.